The fourth-order valence-corrected chi connectivity index (χ4v) is 2.38. The van der Waals surface area contributed by atoms with E-state index < -0.39 is 0 Å². The summed E-state index contributed by atoms with van der Waals surface area (Å²) in [6.45, 7) is 2.22. The first-order valence-corrected chi connectivity index (χ1v) is 7.95. The normalized spacial score (nSPS) is 10.4. The smallest absolute Gasteiger partial charge is 0.255 e. The Hall–Kier alpha value is -2.29. The van der Waals surface area contributed by atoms with Gasteiger partial charge in [-0.1, -0.05) is 50.5 Å². The predicted octanol–water partition coefficient (Wildman–Crippen LogP) is 4.64. The molecule has 0 aliphatic rings. The van der Waals surface area contributed by atoms with E-state index in [-0.39, 0.29) is 5.91 Å². The minimum absolute atomic E-state index is 0.129. The van der Waals surface area contributed by atoms with Crippen molar-refractivity contribution in [3.05, 3.63) is 59.7 Å². The lowest BCUT2D eigenvalue weighted by atomic mass is 10.0. The van der Waals surface area contributed by atoms with Gasteiger partial charge in [-0.3, -0.25) is 4.79 Å². The van der Waals surface area contributed by atoms with Gasteiger partial charge in [0.2, 0.25) is 0 Å². The van der Waals surface area contributed by atoms with Crippen molar-refractivity contribution >= 4 is 17.3 Å². The highest BCUT2D eigenvalue weighted by Crippen LogP contribution is 2.18. The average Bonchev–Trinajstić information content (AvgIpc) is 2.54. The lowest BCUT2D eigenvalue weighted by Crippen LogP contribution is -2.13. The molecule has 0 aromatic heterocycles. The summed E-state index contributed by atoms with van der Waals surface area (Å²) in [5.74, 6) is -0.129. The Kier molecular flexibility index (Phi) is 6.01. The highest BCUT2D eigenvalue weighted by molar-refractivity contribution is 6.05. The molecule has 0 radical (unpaired) electrons. The van der Waals surface area contributed by atoms with E-state index in [1.165, 1.54) is 31.2 Å². The molecule has 0 heterocycles. The average molecular weight is 296 g/mol. The number of hydrogen-bond acceptors (Lipinski definition) is 2. The van der Waals surface area contributed by atoms with E-state index in [9.17, 15) is 4.79 Å². The Bertz CT molecular complexity index is 605. The Morgan fingerprint density at radius 2 is 1.73 bits per heavy atom. The first-order valence-electron chi connectivity index (χ1n) is 7.95. The molecule has 0 saturated carbocycles. The SMILES string of the molecule is CCCCCCc1ccc(C(=O)Nc2ccccc2N)cc1. The number of benzene rings is 2. The molecule has 3 heteroatoms. The fraction of sp³-hybridized carbons (Fsp3) is 0.316. The van der Waals surface area contributed by atoms with E-state index in [4.69, 9.17) is 5.73 Å². The van der Waals surface area contributed by atoms with Gasteiger partial charge in [0, 0.05) is 5.56 Å². The number of anilines is 2. The lowest BCUT2D eigenvalue weighted by Gasteiger charge is -2.08. The number of carbonyl (C=O) groups is 1. The number of nitrogens with two attached hydrogens (primary N) is 1. The van der Waals surface area contributed by atoms with Crippen molar-refractivity contribution in [2.45, 2.75) is 39.0 Å². The lowest BCUT2D eigenvalue weighted by molar-refractivity contribution is 0.102. The van der Waals surface area contributed by atoms with Gasteiger partial charge in [0.25, 0.3) is 5.91 Å². The molecule has 116 valence electrons. The van der Waals surface area contributed by atoms with Crippen LogP contribution in [0.15, 0.2) is 48.5 Å². The molecule has 0 fully saturated rings. The van der Waals surface area contributed by atoms with E-state index in [1.807, 2.05) is 36.4 Å². The predicted molar refractivity (Wildman–Crippen MR) is 93.1 cm³/mol. The van der Waals surface area contributed by atoms with Crippen LogP contribution >= 0.6 is 0 Å². The molecule has 22 heavy (non-hydrogen) atoms. The molecule has 3 N–H and O–H groups in total. The van der Waals surface area contributed by atoms with E-state index in [0.717, 1.165) is 6.42 Å². The number of nitrogens with one attached hydrogen (secondary N) is 1. The van der Waals surface area contributed by atoms with Gasteiger partial charge in [-0.2, -0.15) is 0 Å². The summed E-state index contributed by atoms with van der Waals surface area (Å²) in [6, 6.07) is 15.1. The van der Waals surface area contributed by atoms with Gasteiger partial charge in [-0.25, -0.2) is 0 Å². The number of hydrogen-bond donors (Lipinski definition) is 2. The zero-order valence-electron chi connectivity index (χ0n) is 13.1. The Morgan fingerprint density at radius 1 is 1.00 bits per heavy atom. The zero-order chi connectivity index (χ0) is 15.8. The molecule has 0 spiro atoms. The quantitative estimate of drug-likeness (QED) is 0.577. The number of nitrogen functional groups attached to an aromatic ring is 1. The van der Waals surface area contributed by atoms with Crippen molar-refractivity contribution in [2.24, 2.45) is 0 Å². The van der Waals surface area contributed by atoms with Gasteiger partial charge >= 0.3 is 0 Å². The number of carbonyl (C=O) groups excluding carboxylic acids is 1. The number of amides is 1. The van der Waals surface area contributed by atoms with Gasteiger partial charge in [0.05, 0.1) is 11.4 Å². The Labute approximate surface area is 132 Å². The van der Waals surface area contributed by atoms with Crippen LogP contribution in [0, 0.1) is 0 Å². The second-order valence-corrected chi connectivity index (χ2v) is 5.55. The van der Waals surface area contributed by atoms with Crippen LogP contribution < -0.4 is 11.1 Å². The molecular weight excluding hydrogens is 272 g/mol. The second kappa shape index (κ2) is 8.23. The zero-order valence-corrected chi connectivity index (χ0v) is 13.1. The Balaban J connectivity index is 1.92. The van der Waals surface area contributed by atoms with Gasteiger partial charge in [0.1, 0.15) is 0 Å². The van der Waals surface area contributed by atoms with Crippen molar-refractivity contribution in [2.75, 3.05) is 11.1 Å². The van der Waals surface area contributed by atoms with Crippen LogP contribution in [0.3, 0.4) is 0 Å². The third-order valence-electron chi connectivity index (χ3n) is 3.74. The van der Waals surface area contributed by atoms with E-state index in [1.54, 1.807) is 12.1 Å². The number of aryl methyl sites for hydroxylation is 1. The van der Waals surface area contributed by atoms with Crippen LogP contribution in [0.2, 0.25) is 0 Å². The highest BCUT2D eigenvalue weighted by atomic mass is 16.1. The van der Waals surface area contributed by atoms with Gasteiger partial charge in [-0.15, -0.1) is 0 Å². The van der Waals surface area contributed by atoms with Crippen molar-refractivity contribution in [1.29, 1.82) is 0 Å². The Morgan fingerprint density at radius 3 is 2.41 bits per heavy atom. The van der Waals surface area contributed by atoms with Crippen LogP contribution in [0.5, 0.6) is 0 Å². The van der Waals surface area contributed by atoms with Crippen molar-refractivity contribution < 1.29 is 4.79 Å². The van der Waals surface area contributed by atoms with Crippen molar-refractivity contribution in [3.63, 3.8) is 0 Å². The van der Waals surface area contributed by atoms with Crippen LogP contribution in [0.25, 0.3) is 0 Å². The van der Waals surface area contributed by atoms with Gasteiger partial charge in [-0.05, 0) is 42.7 Å². The van der Waals surface area contributed by atoms with E-state index in [0.29, 0.717) is 16.9 Å². The van der Waals surface area contributed by atoms with Crippen LogP contribution in [0.4, 0.5) is 11.4 Å². The number of para-hydroxylation sites is 2. The summed E-state index contributed by atoms with van der Waals surface area (Å²) >= 11 is 0. The molecule has 0 atom stereocenters. The third-order valence-corrected chi connectivity index (χ3v) is 3.74. The molecule has 2 aromatic carbocycles. The molecule has 0 saturated heterocycles. The van der Waals surface area contributed by atoms with Crippen molar-refractivity contribution in [3.8, 4) is 0 Å². The number of unbranched alkanes of at least 4 members (excludes halogenated alkanes) is 3. The third kappa shape index (κ3) is 4.62. The molecule has 0 unspecified atom stereocenters. The maximum Gasteiger partial charge on any atom is 0.255 e. The van der Waals surface area contributed by atoms with Crippen LogP contribution in [-0.4, -0.2) is 5.91 Å². The standard InChI is InChI=1S/C19H24N2O/c1-2-3-4-5-8-15-11-13-16(14-12-15)19(22)21-18-10-7-6-9-17(18)20/h6-7,9-14H,2-5,8,20H2,1H3,(H,21,22). The van der Waals surface area contributed by atoms with Crippen LogP contribution in [0.1, 0.15) is 48.5 Å². The molecule has 1 amide bonds. The maximum atomic E-state index is 12.2. The molecule has 0 aliphatic heterocycles. The van der Waals surface area contributed by atoms with E-state index in [2.05, 4.69) is 12.2 Å². The minimum atomic E-state index is -0.129. The first-order chi connectivity index (χ1) is 10.7. The molecule has 2 rings (SSSR count). The molecule has 0 aliphatic carbocycles. The summed E-state index contributed by atoms with van der Waals surface area (Å²) < 4.78 is 0. The van der Waals surface area contributed by atoms with E-state index >= 15 is 0 Å². The monoisotopic (exact) mass is 296 g/mol. The van der Waals surface area contributed by atoms with Gasteiger partial charge in [0.15, 0.2) is 0 Å². The molecule has 3 nitrogen and oxygen atoms in total. The first kappa shape index (κ1) is 16.1. The topological polar surface area (TPSA) is 55.1 Å². The fourth-order valence-electron chi connectivity index (χ4n) is 2.38. The maximum absolute atomic E-state index is 12.2. The molecule has 0 bridgehead atoms. The van der Waals surface area contributed by atoms with Crippen molar-refractivity contribution in [1.82, 2.24) is 0 Å². The largest absolute Gasteiger partial charge is 0.397 e. The molecule has 2 aromatic rings. The second-order valence-electron chi connectivity index (χ2n) is 5.55. The highest BCUT2D eigenvalue weighted by Gasteiger charge is 2.07. The summed E-state index contributed by atoms with van der Waals surface area (Å²) in [5.41, 5.74) is 9.00. The van der Waals surface area contributed by atoms with Crippen LogP contribution in [-0.2, 0) is 6.42 Å². The summed E-state index contributed by atoms with van der Waals surface area (Å²) in [7, 11) is 0. The summed E-state index contributed by atoms with van der Waals surface area (Å²) in [5, 5.41) is 2.84. The summed E-state index contributed by atoms with van der Waals surface area (Å²) in [6.07, 6.45) is 6.10. The minimum Gasteiger partial charge on any atom is -0.397 e. The number of rotatable bonds is 7. The van der Waals surface area contributed by atoms with Gasteiger partial charge < -0.3 is 11.1 Å². The summed E-state index contributed by atoms with van der Waals surface area (Å²) in [4.78, 5) is 12.2. The molecular formula is C19H24N2O.